The third-order valence-corrected chi connectivity index (χ3v) is 4.51. The van der Waals surface area contributed by atoms with Gasteiger partial charge in [-0.1, -0.05) is 12.1 Å². The lowest BCUT2D eigenvalue weighted by Gasteiger charge is -2.10. The third-order valence-electron chi connectivity index (χ3n) is 3.11. The number of sulfone groups is 1. The van der Waals surface area contributed by atoms with E-state index in [-0.39, 0.29) is 0 Å². The average molecular weight is 341 g/mol. The maximum Gasteiger partial charge on any atom is 0.341 e. The fraction of sp³-hybridized carbons (Fsp3) is 0.250. The number of halogens is 2. The smallest absolute Gasteiger partial charge is 0.341 e. The van der Waals surface area contributed by atoms with Gasteiger partial charge in [0, 0.05) is 12.2 Å². The molecule has 0 spiro atoms. The van der Waals surface area contributed by atoms with Crippen molar-refractivity contribution in [3.05, 3.63) is 54.1 Å². The summed E-state index contributed by atoms with van der Waals surface area (Å²) < 4.78 is 53.0. The number of alkyl halides is 2. The first kappa shape index (κ1) is 17.2. The molecular weight excluding hydrogens is 324 g/mol. The highest BCUT2D eigenvalue weighted by molar-refractivity contribution is 7.91. The molecule has 0 unspecified atom stereocenters. The Kier molecular flexibility index (Phi) is 5.54. The highest BCUT2D eigenvalue weighted by Gasteiger charge is 2.26. The first-order chi connectivity index (χ1) is 10.9. The number of rotatable bonds is 7. The van der Waals surface area contributed by atoms with Crippen LogP contribution in [-0.2, 0) is 9.84 Å². The summed E-state index contributed by atoms with van der Waals surface area (Å²) in [6, 6.07) is 12.9. The summed E-state index contributed by atoms with van der Waals surface area (Å²) in [5, 5.41) is 3.03. The van der Waals surface area contributed by atoms with Crippen LogP contribution in [0.15, 0.2) is 53.4 Å². The van der Waals surface area contributed by atoms with Crippen molar-refractivity contribution in [2.24, 2.45) is 0 Å². The minimum Gasteiger partial charge on any atom is -0.492 e. The van der Waals surface area contributed by atoms with Crippen LogP contribution in [0.1, 0.15) is 5.56 Å². The molecule has 23 heavy (non-hydrogen) atoms. The van der Waals surface area contributed by atoms with Crippen LogP contribution in [0.4, 0.5) is 14.5 Å². The zero-order valence-electron chi connectivity index (χ0n) is 12.5. The van der Waals surface area contributed by atoms with Crippen LogP contribution in [-0.4, -0.2) is 27.3 Å². The molecule has 0 atom stereocenters. The largest absolute Gasteiger partial charge is 0.492 e. The van der Waals surface area contributed by atoms with E-state index in [1.807, 2.05) is 31.2 Å². The van der Waals surface area contributed by atoms with Crippen molar-refractivity contribution in [1.82, 2.24) is 0 Å². The Morgan fingerprint density at radius 2 is 1.83 bits per heavy atom. The zero-order valence-corrected chi connectivity index (χ0v) is 13.3. The molecule has 0 heterocycles. The molecule has 2 aromatic carbocycles. The van der Waals surface area contributed by atoms with E-state index < -0.39 is 20.5 Å². The monoisotopic (exact) mass is 341 g/mol. The molecule has 4 nitrogen and oxygen atoms in total. The van der Waals surface area contributed by atoms with Crippen molar-refractivity contribution in [3.63, 3.8) is 0 Å². The van der Waals surface area contributed by atoms with Gasteiger partial charge in [-0.25, -0.2) is 8.42 Å². The van der Waals surface area contributed by atoms with E-state index in [2.05, 4.69) is 5.32 Å². The van der Waals surface area contributed by atoms with Gasteiger partial charge in [0.2, 0.25) is 9.84 Å². The van der Waals surface area contributed by atoms with Gasteiger partial charge in [0.05, 0.1) is 4.90 Å². The average Bonchev–Trinajstić information content (AvgIpc) is 2.52. The molecule has 0 amide bonds. The highest BCUT2D eigenvalue weighted by atomic mass is 32.2. The normalized spacial score (nSPS) is 11.5. The Morgan fingerprint density at radius 1 is 1.13 bits per heavy atom. The zero-order chi connectivity index (χ0) is 16.9. The summed E-state index contributed by atoms with van der Waals surface area (Å²) in [6.07, 6.45) is 0. The van der Waals surface area contributed by atoms with E-state index in [1.54, 1.807) is 0 Å². The highest BCUT2D eigenvalue weighted by Crippen LogP contribution is 2.20. The van der Waals surface area contributed by atoms with Crippen molar-refractivity contribution in [3.8, 4) is 5.75 Å². The lowest BCUT2D eigenvalue weighted by Crippen LogP contribution is -2.13. The second kappa shape index (κ2) is 7.41. The predicted octanol–water partition coefficient (Wildman–Crippen LogP) is 3.48. The SMILES string of the molecule is Cc1cccc(OCCNc2ccc(S(=O)(=O)C(F)F)cc2)c1. The summed E-state index contributed by atoms with van der Waals surface area (Å²) in [7, 11) is -4.54. The minimum absolute atomic E-state index is 0.394. The number of hydrogen-bond acceptors (Lipinski definition) is 4. The topological polar surface area (TPSA) is 55.4 Å². The van der Waals surface area contributed by atoms with Crippen LogP contribution in [0.3, 0.4) is 0 Å². The van der Waals surface area contributed by atoms with Crippen molar-refractivity contribution in [1.29, 1.82) is 0 Å². The predicted molar refractivity (Wildman–Crippen MR) is 84.8 cm³/mol. The Labute approximate surface area is 134 Å². The molecule has 0 saturated carbocycles. The van der Waals surface area contributed by atoms with Gasteiger partial charge in [0.25, 0.3) is 0 Å². The molecule has 2 aromatic rings. The van der Waals surface area contributed by atoms with Gasteiger partial charge in [0.15, 0.2) is 0 Å². The molecule has 0 bridgehead atoms. The number of ether oxygens (including phenoxy) is 1. The Balaban J connectivity index is 1.85. The maximum absolute atomic E-state index is 12.4. The van der Waals surface area contributed by atoms with E-state index in [1.165, 1.54) is 12.1 Å². The number of anilines is 1. The van der Waals surface area contributed by atoms with Crippen molar-refractivity contribution >= 4 is 15.5 Å². The molecule has 0 radical (unpaired) electrons. The Bertz CT molecular complexity index is 746. The molecule has 0 aromatic heterocycles. The number of nitrogens with one attached hydrogen (secondary N) is 1. The van der Waals surface area contributed by atoms with Gasteiger partial charge in [0.1, 0.15) is 12.4 Å². The van der Waals surface area contributed by atoms with E-state index >= 15 is 0 Å². The summed E-state index contributed by atoms with van der Waals surface area (Å²) in [5.74, 6) is -2.64. The molecular formula is C16H17F2NO3S. The minimum atomic E-state index is -4.54. The Morgan fingerprint density at radius 3 is 2.43 bits per heavy atom. The summed E-state index contributed by atoms with van der Waals surface area (Å²) in [4.78, 5) is -0.394. The van der Waals surface area contributed by atoms with Gasteiger partial charge >= 0.3 is 5.76 Å². The lowest BCUT2D eigenvalue weighted by molar-refractivity contribution is 0.234. The van der Waals surface area contributed by atoms with Crippen molar-refractivity contribution in [2.45, 2.75) is 17.6 Å². The van der Waals surface area contributed by atoms with E-state index in [0.29, 0.717) is 18.8 Å². The third kappa shape index (κ3) is 4.66. The first-order valence-electron chi connectivity index (χ1n) is 6.95. The molecule has 0 aliphatic heterocycles. The van der Waals surface area contributed by atoms with Crippen LogP contribution in [0, 0.1) is 6.92 Å². The summed E-state index contributed by atoms with van der Waals surface area (Å²) >= 11 is 0. The van der Waals surface area contributed by atoms with Crippen LogP contribution in [0.25, 0.3) is 0 Å². The second-order valence-corrected chi connectivity index (χ2v) is 6.84. The van der Waals surface area contributed by atoms with E-state index in [4.69, 9.17) is 4.74 Å². The van der Waals surface area contributed by atoms with Crippen LogP contribution in [0.2, 0.25) is 0 Å². The molecule has 0 aliphatic carbocycles. The number of aryl methyl sites for hydroxylation is 1. The molecule has 0 fully saturated rings. The fourth-order valence-corrected chi connectivity index (χ4v) is 2.66. The fourth-order valence-electron chi connectivity index (χ4n) is 1.93. The van der Waals surface area contributed by atoms with E-state index in [9.17, 15) is 17.2 Å². The second-order valence-electron chi connectivity index (χ2n) is 4.92. The molecule has 2 rings (SSSR count). The van der Waals surface area contributed by atoms with Gasteiger partial charge in [-0.3, -0.25) is 0 Å². The van der Waals surface area contributed by atoms with Crippen molar-refractivity contribution < 1.29 is 21.9 Å². The van der Waals surface area contributed by atoms with Gasteiger partial charge in [-0.15, -0.1) is 0 Å². The number of benzene rings is 2. The molecule has 0 saturated heterocycles. The summed E-state index contributed by atoms with van der Waals surface area (Å²) in [6.45, 7) is 2.88. The summed E-state index contributed by atoms with van der Waals surface area (Å²) in [5.41, 5.74) is 1.73. The van der Waals surface area contributed by atoms with Crippen LogP contribution >= 0.6 is 0 Å². The molecule has 7 heteroatoms. The first-order valence-corrected chi connectivity index (χ1v) is 8.50. The molecule has 1 N–H and O–H groups in total. The van der Waals surface area contributed by atoms with E-state index in [0.717, 1.165) is 23.4 Å². The molecule has 124 valence electrons. The maximum atomic E-state index is 12.4. The van der Waals surface area contributed by atoms with Gasteiger partial charge in [-0.05, 0) is 48.9 Å². The lowest BCUT2D eigenvalue weighted by atomic mass is 10.2. The van der Waals surface area contributed by atoms with Gasteiger partial charge in [-0.2, -0.15) is 8.78 Å². The number of hydrogen-bond donors (Lipinski definition) is 1. The quantitative estimate of drug-likeness (QED) is 0.784. The van der Waals surface area contributed by atoms with Crippen LogP contribution in [0.5, 0.6) is 5.75 Å². The standard InChI is InChI=1S/C16H17F2NO3S/c1-12-3-2-4-14(11-12)22-10-9-19-13-5-7-15(8-6-13)23(20,21)16(17)18/h2-8,11,16,19H,9-10H2,1H3. The van der Waals surface area contributed by atoms with Crippen molar-refractivity contribution in [2.75, 3.05) is 18.5 Å². The van der Waals surface area contributed by atoms with Crippen LogP contribution < -0.4 is 10.1 Å². The van der Waals surface area contributed by atoms with Gasteiger partial charge < -0.3 is 10.1 Å². The Hall–Kier alpha value is -2.15. The molecule has 0 aliphatic rings.